The SMILES string of the molecule is CCCCC1=NN2C(=N)/C(=C/c3ccc(OCCOc4ccc(C)c(C)c4)c(OC)c3)C(=O)N=C2S1. The summed E-state index contributed by atoms with van der Waals surface area (Å²) in [5.41, 5.74) is 3.27. The van der Waals surface area contributed by atoms with Crippen LogP contribution in [0.25, 0.3) is 6.08 Å². The summed E-state index contributed by atoms with van der Waals surface area (Å²) < 4.78 is 17.1. The summed E-state index contributed by atoms with van der Waals surface area (Å²) in [5.74, 6) is 1.46. The predicted octanol–water partition coefficient (Wildman–Crippen LogP) is 5.58. The molecule has 2 aliphatic rings. The molecule has 2 aliphatic heterocycles. The van der Waals surface area contributed by atoms with Crippen LogP contribution in [-0.2, 0) is 4.79 Å². The summed E-state index contributed by atoms with van der Waals surface area (Å²) >= 11 is 1.36. The van der Waals surface area contributed by atoms with Crippen molar-refractivity contribution in [2.45, 2.75) is 40.0 Å². The Morgan fingerprint density at radius 1 is 1.06 bits per heavy atom. The number of amides is 1. The normalized spacial score (nSPS) is 16.1. The van der Waals surface area contributed by atoms with Gasteiger partial charge in [-0.15, -0.1) is 0 Å². The van der Waals surface area contributed by atoms with Gasteiger partial charge in [0.15, 0.2) is 17.3 Å². The Balaban J connectivity index is 1.42. The van der Waals surface area contributed by atoms with E-state index in [1.165, 1.54) is 27.9 Å². The lowest BCUT2D eigenvalue weighted by Gasteiger charge is -2.20. The Labute approximate surface area is 215 Å². The number of aryl methyl sites for hydroxylation is 2. The number of thioether (sulfide) groups is 1. The summed E-state index contributed by atoms with van der Waals surface area (Å²) in [6, 6.07) is 11.3. The Morgan fingerprint density at radius 3 is 2.61 bits per heavy atom. The van der Waals surface area contributed by atoms with Crippen LogP contribution in [0.5, 0.6) is 17.2 Å². The largest absolute Gasteiger partial charge is 0.493 e. The van der Waals surface area contributed by atoms with Crippen LogP contribution in [0.3, 0.4) is 0 Å². The first-order valence-corrected chi connectivity index (χ1v) is 12.7. The molecule has 36 heavy (non-hydrogen) atoms. The molecule has 2 heterocycles. The third-order valence-corrected chi connectivity index (χ3v) is 6.80. The van der Waals surface area contributed by atoms with E-state index < -0.39 is 5.91 Å². The molecule has 0 saturated heterocycles. The number of hydrazone groups is 1. The molecule has 0 aromatic heterocycles. The van der Waals surface area contributed by atoms with Crippen LogP contribution in [-0.4, -0.2) is 47.3 Å². The lowest BCUT2D eigenvalue weighted by atomic mass is 10.1. The topological polar surface area (TPSA) is 96.6 Å². The van der Waals surface area contributed by atoms with Crippen molar-refractivity contribution in [1.29, 1.82) is 5.41 Å². The fourth-order valence-electron chi connectivity index (χ4n) is 3.64. The molecule has 188 valence electrons. The van der Waals surface area contributed by atoms with E-state index in [4.69, 9.17) is 19.6 Å². The average Bonchev–Trinajstić information content (AvgIpc) is 3.28. The van der Waals surface area contributed by atoms with Gasteiger partial charge in [0.05, 0.1) is 12.7 Å². The maximum Gasteiger partial charge on any atom is 0.283 e. The maximum absolute atomic E-state index is 12.7. The second-order valence-corrected chi connectivity index (χ2v) is 9.51. The highest BCUT2D eigenvalue weighted by Gasteiger charge is 2.35. The van der Waals surface area contributed by atoms with E-state index in [1.807, 2.05) is 24.3 Å². The number of hydrogen-bond donors (Lipinski definition) is 1. The smallest absolute Gasteiger partial charge is 0.283 e. The van der Waals surface area contributed by atoms with Crippen LogP contribution in [0, 0.1) is 19.3 Å². The number of nitrogens with zero attached hydrogens (tertiary/aromatic N) is 3. The van der Waals surface area contributed by atoms with Gasteiger partial charge in [-0.3, -0.25) is 10.2 Å². The molecule has 0 radical (unpaired) electrons. The quantitative estimate of drug-likeness (QED) is 0.334. The molecule has 4 rings (SSSR count). The van der Waals surface area contributed by atoms with Gasteiger partial charge in [0.2, 0.25) is 5.17 Å². The fraction of sp³-hybridized carbons (Fsp3) is 0.333. The second-order valence-electron chi connectivity index (χ2n) is 8.47. The Kier molecular flexibility index (Phi) is 8.10. The molecular weight excluding hydrogens is 476 g/mol. The fourth-order valence-corrected chi connectivity index (χ4v) is 4.56. The van der Waals surface area contributed by atoms with Crippen molar-refractivity contribution in [1.82, 2.24) is 5.01 Å². The van der Waals surface area contributed by atoms with E-state index in [-0.39, 0.29) is 11.4 Å². The summed E-state index contributed by atoms with van der Waals surface area (Å²) in [6.45, 7) is 6.96. The highest BCUT2D eigenvalue weighted by molar-refractivity contribution is 8.26. The van der Waals surface area contributed by atoms with Gasteiger partial charge in [0.1, 0.15) is 24.0 Å². The van der Waals surface area contributed by atoms with Crippen molar-refractivity contribution >= 4 is 39.8 Å². The van der Waals surface area contributed by atoms with E-state index in [0.717, 1.165) is 30.1 Å². The van der Waals surface area contributed by atoms with Gasteiger partial charge < -0.3 is 14.2 Å². The molecule has 1 amide bonds. The number of benzene rings is 2. The van der Waals surface area contributed by atoms with Crippen LogP contribution < -0.4 is 14.2 Å². The van der Waals surface area contributed by atoms with Crippen molar-refractivity contribution in [2.24, 2.45) is 10.1 Å². The number of carbonyl (C=O) groups excluding carboxylic acids is 1. The number of fused-ring (bicyclic) bond motifs is 1. The van der Waals surface area contributed by atoms with Crippen LogP contribution in [0.1, 0.15) is 42.9 Å². The molecule has 1 N–H and O–H groups in total. The van der Waals surface area contributed by atoms with Gasteiger partial charge in [0, 0.05) is 0 Å². The van der Waals surface area contributed by atoms with Gasteiger partial charge in [0.25, 0.3) is 5.91 Å². The number of methoxy groups -OCH3 is 1. The molecule has 0 unspecified atom stereocenters. The highest BCUT2D eigenvalue weighted by atomic mass is 32.2. The molecule has 9 heteroatoms. The van der Waals surface area contributed by atoms with Gasteiger partial charge >= 0.3 is 0 Å². The molecule has 8 nitrogen and oxygen atoms in total. The number of hydrogen-bond acceptors (Lipinski definition) is 7. The number of carbonyl (C=O) groups is 1. The monoisotopic (exact) mass is 506 g/mol. The summed E-state index contributed by atoms with van der Waals surface area (Å²) in [6.07, 6.45) is 4.49. The van der Waals surface area contributed by atoms with E-state index >= 15 is 0 Å². The van der Waals surface area contributed by atoms with E-state index in [0.29, 0.717) is 35.4 Å². The average molecular weight is 507 g/mol. The lowest BCUT2D eigenvalue weighted by molar-refractivity contribution is -0.114. The predicted molar refractivity (Wildman–Crippen MR) is 144 cm³/mol. The Bertz CT molecular complexity index is 1270. The summed E-state index contributed by atoms with van der Waals surface area (Å²) in [5, 5.41) is 15.8. The summed E-state index contributed by atoms with van der Waals surface area (Å²) in [7, 11) is 1.56. The number of rotatable bonds is 10. The number of unbranched alkanes of at least 4 members (excludes halogenated alkanes) is 1. The van der Waals surface area contributed by atoms with Crippen molar-refractivity contribution in [3.05, 3.63) is 58.7 Å². The highest BCUT2D eigenvalue weighted by Crippen LogP contribution is 2.32. The van der Waals surface area contributed by atoms with Crippen LogP contribution in [0.4, 0.5) is 0 Å². The van der Waals surface area contributed by atoms with E-state index in [2.05, 4.69) is 30.9 Å². The third kappa shape index (κ3) is 5.79. The first-order valence-electron chi connectivity index (χ1n) is 11.9. The maximum atomic E-state index is 12.7. The van der Waals surface area contributed by atoms with Crippen molar-refractivity contribution in [3.63, 3.8) is 0 Å². The minimum atomic E-state index is -0.450. The minimum absolute atomic E-state index is 0.0202. The number of amidine groups is 2. The second kappa shape index (κ2) is 11.4. The zero-order valence-corrected chi connectivity index (χ0v) is 21.8. The van der Waals surface area contributed by atoms with Gasteiger partial charge in [-0.1, -0.05) is 25.5 Å². The molecule has 0 bridgehead atoms. The van der Waals surface area contributed by atoms with Crippen LogP contribution >= 0.6 is 11.8 Å². The zero-order valence-electron chi connectivity index (χ0n) is 21.0. The number of aliphatic imine (C=N–C) groups is 1. The van der Waals surface area contributed by atoms with Gasteiger partial charge in [-0.05, 0) is 85.5 Å². The third-order valence-electron chi connectivity index (χ3n) is 5.83. The zero-order chi connectivity index (χ0) is 25.7. The van der Waals surface area contributed by atoms with E-state index in [1.54, 1.807) is 25.3 Å². The molecule has 2 aromatic carbocycles. The standard InChI is InChI=1S/C27H30N4O4S/c1-5-6-7-24-30-31-25(28)21(26(32)29-27(31)36-24)15-19-9-11-22(23(16-19)33-4)35-13-12-34-20-10-8-17(2)18(3)14-20/h8-11,14-16,28H,5-7,12-13H2,1-4H3/b21-15-,28-25?. The molecule has 0 fully saturated rings. The number of ether oxygens (including phenoxy) is 3. The first kappa shape index (κ1) is 25.5. The van der Waals surface area contributed by atoms with E-state index in [9.17, 15) is 4.79 Å². The molecular formula is C27H30N4O4S. The van der Waals surface area contributed by atoms with Gasteiger partial charge in [-0.2, -0.15) is 15.1 Å². The van der Waals surface area contributed by atoms with Crippen molar-refractivity contribution < 1.29 is 19.0 Å². The summed E-state index contributed by atoms with van der Waals surface area (Å²) in [4.78, 5) is 16.8. The van der Waals surface area contributed by atoms with Crippen molar-refractivity contribution in [2.75, 3.05) is 20.3 Å². The Hall–Kier alpha value is -3.59. The minimum Gasteiger partial charge on any atom is -0.493 e. The van der Waals surface area contributed by atoms with Crippen LogP contribution in [0.2, 0.25) is 0 Å². The van der Waals surface area contributed by atoms with Crippen molar-refractivity contribution in [3.8, 4) is 17.2 Å². The first-order chi connectivity index (χ1) is 17.4. The van der Waals surface area contributed by atoms with Crippen LogP contribution in [0.15, 0.2) is 52.1 Å². The molecule has 0 aliphatic carbocycles. The molecule has 2 aromatic rings. The Morgan fingerprint density at radius 2 is 1.86 bits per heavy atom. The number of nitrogens with one attached hydrogen (secondary N) is 1. The molecule has 0 spiro atoms. The van der Waals surface area contributed by atoms with Gasteiger partial charge in [-0.25, -0.2) is 0 Å². The molecule has 0 atom stereocenters. The lowest BCUT2D eigenvalue weighted by Crippen LogP contribution is -2.35. The molecule has 0 saturated carbocycles.